The number of amides is 2. The number of hydrogen-bond donors (Lipinski definition) is 1. The van der Waals surface area contributed by atoms with Crippen LogP contribution in [-0.2, 0) is 6.54 Å². The van der Waals surface area contributed by atoms with Crippen LogP contribution in [0.1, 0.15) is 5.56 Å². The first kappa shape index (κ1) is 19.4. The Morgan fingerprint density at radius 3 is 2.11 bits per heavy atom. The Hall–Kier alpha value is -2.32. The highest BCUT2D eigenvalue weighted by molar-refractivity contribution is 6.42. The van der Waals surface area contributed by atoms with Crippen LogP contribution in [0.2, 0.25) is 10.0 Å². The average molecular weight is 421 g/mol. The Bertz CT molecular complexity index is 831. The van der Waals surface area contributed by atoms with Gasteiger partial charge in [0.2, 0.25) is 0 Å². The number of nitrogens with one attached hydrogen (secondary N) is 1. The first-order valence-corrected chi connectivity index (χ1v) is 8.38. The molecule has 2 amide bonds. The molecule has 0 saturated heterocycles. The van der Waals surface area contributed by atoms with Crippen molar-refractivity contribution >= 4 is 29.2 Å². The first-order chi connectivity index (χ1) is 12.6. The molecule has 0 saturated carbocycles. The van der Waals surface area contributed by atoms with Crippen LogP contribution < -0.4 is 14.8 Å². The van der Waals surface area contributed by atoms with Gasteiger partial charge in [-0.05, 0) is 5.56 Å². The third-order valence-electron chi connectivity index (χ3n) is 3.75. The van der Waals surface area contributed by atoms with Crippen molar-refractivity contribution in [1.82, 2.24) is 10.2 Å². The van der Waals surface area contributed by atoms with Crippen molar-refractivity contribution in [3.05, 3.63) is 58.1 Å². The lowest BCUT2D eigenvalue weighted by Gasteiger charge is -2.31. The summed E-state index contributed by atoms with van der Waals surface area (Å²) in [6.07, 6.45) is -5.08. The van der Waals surface area contributed by atoms with Crippen LogP contribution >= 0.6 is 23.2 Å². The van der Waals surface area contributed by atoms with Gasteiger partial charge in [-0.1, -0.05) is 53.5 Å². The average Bonchev–Trinajstić information content (AvgIpc) is 2.94. The summed E-state index contributed by atoms with van der Waals surface area (Å²) < 4.78 is 50.9. The second-order valence-electron chi connectivity index (χ2n) is 5.80. The quantitative estimate of drug-likeness (QED) is 0.773. The SMILES string of the molecule is CN(Cc1ccccc1)C(=O)NC1(C(F)(F)F)Oc2cc(Cl)c(Cl)cc2O1. The zero-order valence-electron chi connectivity index (χ0n) is 13.8. The minimum atomic E-state index is -5.08. The molecule has 144 valence electrons. The molecule has 2 aromatic rings. The smallest absolute Gasteiger partial charge is 0.424 e. The highest BCUT2D eigenvalue weighted by Gasteiger charge is 2.66. The largest absolute Gasteiger partial charge is 0.492 e. The summed E-state index contributed by atoms with van der Waals surface area (Å²) in [5.74, 6) is -3.95. The van der Waals surface area contributed by atoms with E-state index < -0.39 is 18.1 Å². The van der Waals surface area contributed by atoms with E-state index in [1.54, 1.807) is 35.6 Å². The van der Waals surface area contributed by atoms with Gasteiger partial charge in [0, 0.05) is 25.7 Å². The van der Waals surface area contributed by atoms with Gasteiger partial charge in [0.05, 0.1) is 10.0 Å². The van der Waals surface area contributed by atoms with Gasteiger partial charge in [0.15, 0.2) is 11.5 Å². The molecule has 1 aliphatic heterocycles. The minimum absolute atomic E-state index is 0.00971. The molecule has 2 aromatic carbocycles. The molecule has 0 fully saturated rings. The van der Waals surface area contributed by atoms with Crippen molar-refractivity contribution in [3.8, 4) is 11.5 Å². The Morgan fingerprint density at radius 2 is 1.63 bits per heavy atom. The van der Waals surface area contributed by atoms with E-state index in [-0.39, 0.29) is 28.1 Å². The van der Waals surface area contributed by atoms with Crippen LogP contribution in [0.4, 0.5) is 18.0 Å². The van der Waals surface area contributed by atoms with Crippen LogP contribution in [0.25, 0.3) is 0 Å². The molecular formula is C17H13Cl2F3N2O3. The summed E-state index contributed by atoms with van der Waals surface area (Å²) in [5, 5.41) is 1.75. The standard InChI is InChI=1S/C17H13Cl2F3N2O3/c1-24(9-10-5-3-2-4-6-10)15(25)23-17(16(20,21)22)26-13-7-11(18)12(19)8-14(13)27-17/h2-8H,9H2,1H3,(H,23,25). The molecule has 0 spiro atoms. The number of halogens is 5. The lowest BCUT2D eigenvalue weighted by Crippen LogP contribution is -2.66. The van der Waals surface area contributed by atoms with Gasteiger partial charge >= 0.3 is 18.1 Å². The molecule has 0 unspecified atom stereocenters. The van der Waals surface area contributed by atoms with Gasteiger partial charge in [-0.25, -0.2) is 4.79 Å². The fraction of sp³-hybridized carbons (Fsp3) is 0.235. The van der Waals surface area contributed by atoms with Crippen molar-refractivity contribution in [1.29, 1.82) is 0 Å². The molecule has 1 aliphatic rings. The maximum atomic E-state index is 13.7. The van der Waals surface area contributed by atoms with E-state index in [1.165, 1.54) is 7.05 Å². The number of urea groups is 1. The number of ether oxygens (including phenoxy) is 2. The van der Waals surface area contributed by atoms with E-state index in [2.05, 4.69) is 0 Å². The number of carbonyl (C=O) groups excluding carboxylic acids is 1. The summed E-state index contributed by atoms with van der Waals surface area (Å²) in [6, 6.07) is 9.92. The van der Waals surface area contributed by atoms with E-state index in [0.29, 0.717) is 0 Å². The number of fused-ring (bicyclic) bond motifs is 1. The summed E-state index contributed by atoms with van der Waals surface area (Å²) in [6.45, 7) is 0.0885. The van der Waals surface area contributed by atoms with Crippen LogP contribution in [0.5, 0.6) is 11.5 Å². The normalized spacial score (nSPS) is 14.7. The Labute approximate surface area is 162 Å². The molecular weight excluding hydrogens is 408 g/mol. The molecule has 1 heterocycles. The molecule has 3 rings (SSSR count). The number of benzene rings is 2. The molecule has 0 bridgehead atoms. The summed E-state index contributed by atoms with van der Waals surface area (Å²) in [7, 11) is 1.35. The molecule has 0 aromatic heterocycles. The molecule has 5 nitrogen and oxygen atoms in total. The van der Waals surface area contributed by atoms with Gasteiger partial charge in [-0.2, -0.15) is 13.2 Å². The molecule has 0 radical (unpaired) electrons. The maximum Gasteiger partial charge on any atom is 0.492 e. The van der Waals surface area contributed by atoms with Gasteiger partial charge in [-0.3, -0.25) is 5.32 Å². The molecule has 0 atom stereocenters. The maximum absolute atomic E-state index is 13.7. The van der Waals surface area contributed by atoms with E-state index in [4.69, 9.17) is 32.7 Å². The monoisotopic (exact) mass is 420 g/mol. The van der Waals surface area contributed by atoms with Crippen molar-refractivity contribution < 1.29 is 27.4 Å². The van der Waals surface area contributed by atoms with Gasteiger partial charge in [0.25, 0.3) is 0 Å². The number of rotatable bonds is 3. The lowest BCUT2D eigenvalue weighted by molar-refractivity contribution is -0.318. The van der Waals surface area contributed by atoms with Gasteiger partial charge in [-0.15, -0.1) is 0 Å². The first-order valence-electron chi connectivity index (χ1n) is 7.62. The zero-order chi connectivity index (χ0) is 19.8. The van der Waals surface area contributed by atoms with Crippen molar-refractivity contribution in [2.45, 2.75) is 18.6 Å². The second-order valence-corrected chi connectivity index (χ2v) is 6.62. The van der Waals surface area contributed by atoms with Crippen LogP contribution in [0.3, 0.4) is 0 Å². The third kappa shape index (κ3) is 3.86. The fourth-order valence-corrected chi connectivity index (χ4v) is 2.71. The van der Waals surface area contributed by atoms with Crippen LogP contribution in [0.15, 0.2) is 42.5 Å². The molecule has 10 heteroatoms. The Kier molecular flexibility index (Phi) is 5.05. The molecule has 1 N–H and O–H groups in total. The molecule has 27 heavy (non-hydrogen) atoms. The summed E-state index contributed by atoms with van der Waals surface area (Å²) in [4.78, 5) is 13.4. The van der Waals surface area contributed by atoms with E-state index >= 15 is 0 Å². The van der Waals surface area contributed by atoms with Crippen molar-refractivity contribution in [2.24, 2.45) is 0 Å². The van der Waals surface area contributed by atoms with E-state index in [0.717, 1.165) is 22.6 Å². The van der Waals surface area contributed by atoms with Crippen LogP contribution in [0, 0.1) is 0 Å². The van der Waals surface area contributed by atoms with Gasteiger partial charge < -0.3 is 14.4 Å². The van der Waals surface area contributed by atoms with Crippen LogP contribution in [-0.4, -0.2) is 30.1 Å². The highest BCUT2D eigenvalue weighted by atomic mass is 35.5. The number of carbonyl (C=O) groups is 1. The predicted octanol–water partition coefficient (Wildman–Crippen LogP) is 4.82. The lowest BCUT2D eigenvalue weighted by atomic mass is 10.2. The highest BCUT2D eigenvalue weighted by Crippen LogP contribution is 2.48. The third-order valence-corrected chi connectivity index (χ3v) is 4.47. The number of alkyl halides is 3. The van der Waals surface area contributed by atoms with Gasteiger partial charge in [0.1, 0.15) is 0 Å². The number of nitrogens with zero attached hydrogens (tertiary/aromatic N) is 1. The van der Waals surface area contributed by atoms with Crippen molar-refractivity contribution in [2.75, 3.05) is 7.05 Å². The Morgan fingerprint density at radius 1 is 1.11 bits per heavy atom. The summed E-state index contributed by atoms with van der Waals surface area (Å²) in [5.41, 5.74) is 0.742. The molecule has 0 aliphatic carbocycles. The summed E-state index contributed by atoms with van der Waals surface area (Å²) >= 11 is 11.6. The van der Waals surface area contributed by atoms with Crippen molar-refractivity contribution in [3.63, 3.8) is 0 Å². The topological polar surface area (TPSA) is 50.8 Å². The number of hydrogen-bond acceptors (Lipinski definition) is 3. The second kappa shape index (κ2) is 7.01. The minimum Gasteiger partial charge on any atom is -0.424 e. The zero-order valence-corrected chi connectivity index (χ0v) is 15.3. The fourth-order valence-electron chi connectivity index (χ4n) is 2.40. The van der Waals surface area contributed by atoms with E-state index in [9.17, 15) is 18.0 Å². The predicted molar refractivity (Wildman–Crippen MR) is 92.9 cm³/mol. The Balaban J connectivity index is 1.81. The van der Waals surface area contributed by atoms with E-state index in [1.807, 2.05) is 0 Å².